The highest BCUT2D eigenvalue weighted by Crippen LogP contribution is 2.36. The molecule has 0 aromatic carbocycles. The summed E-state index contributed by atoms with van der Waals surface area (Å²) in [6, 6.07) is 0. The largest absolute Gasteiger partial charge is 0.394 e. The first-order valence-electron chi connectivity index (χ1n) is 10.6. The molecule has 200 valence electrons. The summed E-state index contributed by atoms with van der Waals surface area (Å²) >= 11 is 0. The van der Waals surface area contributed by atoms with Crippen molar-refractivity contribution in [2.24, 2.45) is 0 Å². The second kappa shape index (κ2) is 11.2. The fourth-order valence-electron chi connectivity index (χ4n) is 4.01. The molecule has 16 heteroatoms. The third kappa shape index (κ3) is 5.09. The number of hydrogen-bond acceptors (Lipinski definition) is 16. The van der Waals surface area contributed by atoms with Gasteiger partial charge in [0.2, 0.25) is 5.79 Å². The topological polar surface area (TPSA) is 269 Å². The zero-order valence-corrected chi connectivity index (χ0v) is 17.8. The molecule has 0 aromatic heterocycles. The minimum atomic E-state index is -2.36. The minimum absolute atomic E-state index is 0.634. The molecule has 16 nitrogen and oxygen atoms in total. The second-order valence-electron chi connectivity index (χ2n) is 8.41. The summed E-state index contributed by atoms with van der Waals surface area (Å²) in [5.74, 6) is -2.36. The van der Waals surface area contributed by atoms with Gasteiger partial charge >= 0.3 is 0 Å². The molecule has 3 heterocycles. The Kier molecular flexibility index (Phi) is 9.18. The third-order valence-electron chi connectivity index (χ3n) is 6.16. The van der Waals surface area contributed by atoms with Crippen molar-refractivity contribution in [3.05, 3.63) is 0 Å². The molecule has 0 unspecified atom stereocenters. The second-order valence-corrected chi connectivity index (χ2v) is 8.41. The van der Waals surface area contributed by atoms with Gasteiger partial charge in [0.15, 0.2) is 12.6 Å². The lowest BCUT2D eigenvalue weighted by Crippen LogP contribution is -2.63. The van der Waals surface area contributed by atoms with Crippen LogP contribution in [-0.2, 0) is 23.7 Å². The highest BCUT2D eigenvalue weighted by atomic mass is 16.8. The summed E-state index contributed by atoms with van der Waals surface area (Å²) in [5.41, 5.74) is 0. The molecule has 0 aromatic rings. The maximum Gasteiger partial charge on any atom is 0.224 e. The zero-order valence-electron chi connectivity index (χ0n) is 17.8. The van der Waals surface area contributed by atoms with E-state index in [-0.39, 0.29) is 0 Å². The van der Waals surface area contributed by atoms with Crippen molar-refractivity contribution in [2.75, 3.05) is 26.4 Å². The van der Waals surface area contributed by atoms with E-state index in [1.165, 1.54) is 0 Å². The molecule has 0 amide bonds. The lowest BCUT2D eigenvalue weighted by molar-refractivity contribution is -0.388. The summed E-state index contributed by atoms with van der Waals surface area (Å²) in [5, 5.41) is 109. The molecular formula is C18H32O16. The van der Waals surface area contributed by atoms with E-state index in [0.29, 0.717) is 0 Å². The maximum absolute atomic E-state index is 10.3. The number of ether oxygens (including phenoxy) is 5. The first-order chi connectivity index (χ1) is 16.0. The fraction of sp³-hybridized carbons (Fsp3) is 1.00. The zero-order chi connectivity index (χ0) is 25.4. The van der Waals surface area contributed by atoms with Crippen LogP contribution in [0.5, 0.6) is 0 Å². The Hall–Kier alpha value is -0.640. The highest BCUT2D eigenvalue weighted by molar-refractivity contribution is 4.98. The molecule has 3 aliphatic rings. The predicted molar refractivity (Wildman–Crippen MR) is 101 cm³/mol. The summed E-state index contributed by atoms with van der Waals surface area (Å²) in [6.07, 6.45) is -21.8. The molecule has 0 spiro atoms. The average molecular weight is 504 g/mol. The monoisotopic (exact) mass is 504 g/mol. The van der Waals surface area contributed by atoms with Crippen molar-refractivity contribution in [1.29, 1.82) is 0 Å². The van der Waals surface area contributed by atoms with Gasteiger partial charge in [0.05, 0.1) is 19.8 Å². The normalized spacial score (nSPS) is 52.1. The molecule has 0 bridgehead atoms. The molecule has 3 aliphatic heterocycles. The molecule has 11 N–H and O–H groups in total. The summed E-state index contributed by atoms with van der Waals surface area (Å²) < 4.78 is 26.4. The Morgan fingerprint density at radius 1 is 0.588 bits per heavy atom. The minimum Gasteiger partial charge on any atom is -0.394 e. The van der Waals surface area contributed by atoms with E-state index in [0.717, 1.165) is 0 Å². The average Bonchev–Trinajstić information content (AvgIpc) is 3.08. The SMILES string of the molecule is OC[C@@H]1O[C@H](OC[C@@H]2O[C@H](O[C@]3(CO)O[C@H](CO)[C@H](O)[C@@H]3O)[C@H](O)[C@H](O)[C@@H]2O)[C@H](O)[C@H](O)[C@H]1O. The van der Waals surface area contributed by atoms with Gasteiger partial charge in [0.25, 0.3) is 0 Å². The Morgan fingerprint density at radius 3 is 1.65 bits per heavy atom. The van der Waals surface area contributed by atoms with E-state index in [1.807, 2.05) is 0 Å². The van der Waals surface area contributed by atoms with Crippen LogP contribution in [0.2, 0.25) is 0 Å². The molecule has 0 saturated carbocycles. The smallest absolute Gasteiger partial charge is 0.224 e. The van der Waals surface area contributed by atoms with Crippen LogP contribution >= 0.6 is 0 Å². The Labute approximate surface area is 192 Å². The van der Waals surface area contributed by atoms with Gasteiger partial charge in [-0.2, -0.15) is 0 Å². The molecule has 14 atom stereocenters. The van der Waals surface area contributed by atoms with Gasteiger partial charge in [0, 0.05) is 0 Å². The van der Waals surface area contributed by atoms with E-state index in [9.17, 15) is 56.2 Å². The van der Waals surface area contributed by atoms with Crippen LogP contribution in [0.15, 0.2) is 0 Å². The van der Waals surface area contributed by atoms with E-state index >= 15 is 0 Å². The first kappa shape index (κ1) is 27.9. The molecular weight excluding hydrogens is 472 g/mol. The van der Waals surface area contributed by atoms with Gasteiger partial charge in [0.1, 0.15) is 73.8 Å². The quantitative estimate of drug-likeness (QED) is 0.146. The summed E-state index contributed by atoms with van der Waals surface area (Å²) in [4.78, 5) is 0. The van der Waals surface area contributed by atoms with E-state index in [4.69, 9.17) is 23.7 Å². The van der Waals surface area contributed by atoms with Crippen LogP contribution in [-0.4, -0.2) is 168 Å². The van der Waals surface area contributed by atoms with E-state index in [1.54, 1.807) is 0 Å². The van der Waals surface area contributed by atoms with Gasteiger partial charge in [-0.05, 0) is 0 Å². The van der Waals surface area contributed by atoms with Crippen molar-refractivity contribution >= 4 is 0 Å². The van der Waals surface area contributed by atoms with Gasteiger partial charge in [-0.25, -0.2) is 0 Å². The van der Waals surface area contributed by atoms with Crippen LogP contribution in [0, 0.1) is 0 Å². The van der Waals surface area contributed by atoms with Gasteiger partial charge in [-0.3, -0.25) is 0 Å². The lowest BCUT2D eigenvalue weighted by Gasteiger charge is -2.44. The Balaban J connectivity index is 1.69. The molecule has 3 fully saturated rings. The number of aliphatic hydroxyl groups excluding tert-OH is 11. The van der Waals surface area contributed by atoms with Crippen molar-refractivity contribution < 1.29 is 79.9 Å². The van der Waals surface area contributed by atoms with Crippen molar-refractivity contribution in [1.82, 2.24) is 0 Å². The fourth-order valence-corrected chi connectivity index (χ4v) is 4.01. The van der Waals surface area contributed by atoms with Gasteiger partial charge < -0.3 is 79.9 Å². The van der Waals surface area contributed by atoms with E-state index < -0.39 is 112 Å². The van der Waals surface area contributed by atoms with Crippen LogP contribution in [0.4, 0.5) is 0 Å². The summed E-state index contributed by atoms with van der Waals surface area (Å²) in [6.45, 7) is -3.14. The van der Waals surface area contributed by atoms with Gasteiger partial charge in [-0.1, -0.05) is 0 Å². The molecule has 3 rings (SSSR count). The molecule has 34 heavy (non-hydrogen) atoms. The Morgan fingerprint density at radius 2 is 1.12 bits per heavy atom. The first-order valence-corrected chi connectivity index (χ1v) is 10.6. The highest BCUT2D eigenvalue weighted by Gasteiger charge is 2.58. The number of rotatable bonds is 8. The molecule has 0 radical (unpaired) electrons. The standard InChI is InChI=1S/C18H32O16/c19-1-5-8(22)11(25)13(27)16(31-5)30-3-7-9(23)12(26)14(28)17(32-7)34-18(4-21)15(29)10(24)6(2-20)33-18/h5-17,19-29H,1-4H2/t5-,6+,7-,8-,9+,10-,11+,12+,13+,14+,15-,16-,17+,18-/m0/s1. The van der Waals surface area contributed by atoms with E-state index in [2.05, 4.69) is 0 Å². The number of hydrogen-bond donors (Lipinski definition) is 11. The van der Waals surface area contributed by atoms with Crippen LogP contribution in [0.25, 0.3) is 0 Å². The van der Waals surface area contributed by atoms with Crippen molar-refractivity contribution in [3.8, 4) is 0 Å². The van der Waals surface area contributed by atoms with Gasteiger partial charge in [-0.15, -0.1) is 0 Å². The third-order valence-corrected chi connectivity index (χ3v) is 6.16. The molecule has 3 saturated heterocycles. The predicted octanol–water partition coefficient (Wildman–Crippen LogP) is -7.57. The van der Waals surface area contributed by atoms with Crippen LogP contribution < -0.4 is 0 Å². The van der Waals surface area contributed by atoms with Crippen LogP contribution in [0.1, 0.15) is 0 Å². The number of aliphatic hydroxyl groups is 11. The lowest BCUT2D eigenvalue weighted by atomic mass is 9.98. The summed E-state index contributed by atoms with van der Waals surface area (Å²) in [7, 11) is 0. The maximum atomic E-state index is 10.3. The van der Waals surface area contributed by atoms with Crippen molar-refractivity contribution in [3.63, 3.8) is 0 Å². The molecule has 0 aliphatic carbocycles. The van der Waals surface area contributed by atoms with Crippen molar-refractivity contribution in [2.45, 2.75) is 85.5 Å². The van der Waals surface area contributed by atoms with Crippen LogP contribution in [0.3, 0.4) is 0 Å². The Bertz CT molecular complexity index is 653.